The summed E-state index contributed by atoms with van der Waals surface area (Å²) < 4.78 is 0. The molecule has 0 aliphatic heterocycles. The first-order valence-corrected chi connectivity index (χ1v) is 4.73. The largest absolute Gasteiger partial charge is 0.303 e. The fourth-order valence-corrected chi connectivity index (χ4v) is 1.33. The summed E-state index contributed by atoms with van der Waals surface area (Å²) in [6.45, 7) is 1.59. The van der Waals surface area contributed by atoms with Crippen LogP contribution in [0.15, 0.2) is 24.3 Å². The quantitative estimate of drug-likeness (QED) is 0.665. The number of hydrogen-bond donors (Lipinski definition) is 0. The van der Waals surface area contributed by atoms with Gasteiger partial charge in [-0.25, -0.2) is 0 Å². The van der Waals surface area contributed by atoms with Crippen LogP contribution in [0.2, 0.25) is 0 Å². The van der Waals surface area contributed by atoms with Gasteiger partial charge >= 0.3 is 0 Å². The molecule has 0 amide bonds. The zero-order valence-electron chi connectivity index (χ0n) is 8.32. The summed E-state index contributed by atoms with van der Waals surface area (Å²) in [6, 6.07) is 7.81. The van der Waals surface area contributed by atoms with Crippen LogP contribution in [0.4, 0.5) is 0 Å². The van der Waals surface area contributed by atoms with Gasteiger partial charge in [0.05, 0.1) is 0 Å². The Bertz CT molecular complexity index is 329. The van der Waals surface area contributed by atoms with Gasteiger partial charge in [0.25, 0.3) is 0 Å². The maximum atomic E-state index is 10.8. The average molecular weight is 190 g/mol. The Hall–Kier alpha value is -1.44. The molecule has 0 saturated carbocycles. The molecule has 74 valence electrons. The van der Waals surface area contributed by atoms with Crippen LogP contribution in [0, 0.1) is 0 Å². The number of carbonyl (C=O) groups excluding carboxylic acids is 2. The normalized spacial score (nSPS) is 9.79. The lowest BCUT2D eigenvalue weighted by Crippen LogP contribution is -1.95. The third-order valence-corrected chi connectivity index (χ3v) is 2.08. The van der Waals surface area contributed by atoms with Gasteiger partial charge in [0.15, 0.2) is 0 Å². The maximum Gasteiger partial charge on any atom is 0.130 e. The van der Waals surface area contributed by atoms with E-state index in [1.165, 1.54) is 0 Å². The van der Waals surface area contributed by atoms with E-state index in [4.69, 9.17) is 0 Å². The number of Topliss-reactive ketones (excluding diaryl/α,β-unsaturated/α-hetero) is 1. The minimum absolute atomic E-state index is 0.200. The summed E-state index contributed by atoms with van der Waals surface area (Å²) in [6.07, 6.45) is 2.69. The number of ketones is 1. The van der Waals surface area contributed by atoms with Gasteiger partial charge in [0, 0.05) is 12.8 Å². The first-order valence-electron chi connectivity index (χ1n) is 4.73. The van der Waals surface area contributed by atoms with Gasteiger partial charge in [-0.1, -0.05) is 24.3 Å². The molecular formula is C12H14O2. The summed E-state index contributed by atoms with van der Waals surface area (Å²) in [5.74, 6) is 0.200. The predicted molar refractivity (Wildman–Crippen MR) is 55.2 cm³/mol. The second-order valence-corrected chi connectivity index (χ2v) is 3.39. The molecule has 1 aromatic carbocycles. The molecule has 0 radical (unpaired) electrons. The standard InChI is InChI=1S/C12H14O2/c1-10(14)5-6-11-3-2-4-12(9-11)7-8-13/h2-4,8-9H,5-7H2,1H3. The van der Waals surface area contributed by atoms with Crippen molar-refractivity contribution < 1.29 is 9.59 Å². The minimum Gasteiger partial charge on any atom is -0.303 e. The van der Waals surface area contributed by atoms with Crippen molar-refractivity contribution in [2.24, 2.45) is 0 Å². The van der Waals surface area contributed by atoms with Crippen molar-refractivity contribution in [2.75, 3.05) is 0 Å². The number of benzene rings is 1. The van der Waals surface area contributed by atoms with Gasteiger partial charge in [0.1, 0.15) is 12.1 Å². The third kappa shape index (κ3) is 3.52. The Labute approximate surface area is 83.9 Å². The van der Waals surface area contributed by atoms with Crippen LogP contribution < -0.4 is 0 Å². The minimum atomic E-state index is 0.200. The summed E-state index contributed by atoms with van der Waals surface area (Å²) in [7, 11) is 0. The van der Waals surface area contributed by atoms with Crippen molar-refractivity contribution in [3.05, 3.63) is 35.4 Å². The third-order valence-electron chi connectivity index (χ3n) is 2.08. The molecule has 0 aliphatic rings. The van der Waals surface area contributed by atoms with E-state index in [-0.39, 0.29) is 5.78 Å². The monoisotopic (exact) mass is 190 g/mol. The van der Waals surface area contributed by atoms with Gasteiger partial charge in [0.2, 0.25) is 0 Å². The molecule has 0 saturated heterocycles. The van der Waals surface area contributed by atoms with E-state index >= 15 is 0 Å². The molecule has 0 N–H and O–H groups in total. The second-order valence-electron chi connectivity index (χ2n) is 3.39. The highest BCUT2D eigenvalue weighted by atomic mass is 16.1. The Morgan fingerprint density at radius 3 is 2.71 bits per heavy atom. The SMILES string of the molecule is CC(=O)CCc1cccc(CC=O)c1. The second kappa shape index (κ2) is 5.32. The Balaban J connectivity index is 2.63. The molecule has 0 unspecified atom stereocenters. The maximum absolute atomic E-state index is 10.8. The van der Waals surface area contributed by atoms with E-state index in [2.05, 4.69) is 0 Å². The van der Waals surface area contributed by atoms with Crippen LogP contribution in [-0.4, -0.2) is 12.1 Å². The van der Waals surface area contributed by atoms with Gasteiger partial charge in [-0.2, -0.15) is 0 Å². The van der Waals surface area contributed by atoms with Gasteiger partial charge < -0.3 is 9.59 Å². The zero-order chi connectivity index (χ0) is 10.4. The van der Waals surface area contributed by atoms with E-state index < -0.39 is 0 Å². The smallest absolute Gasteiger partial charge is 0.130 e. The molecule has 0 aromatic heterocycles. The van der Waals surface area contributed by atoms with Crippen LogP contribution in [-0.2, 0) is 22.4 Å². The number of hydrogen-bond acceptors (Lipinski definition) is 2. The average Bonchev–Trinajstić information content (AvgIpc) is 2.16. The van der Waals surface area contributed by atoms with E-state index in [9.17, 15) is 9.59 Å². The van der Waals surface area contributed by atoms with Crippen LogP contribution in [0.3, 0.4) is 0 Å². The summed E-state index contributed by atoms with van der Waals surface area (Å²) >= 11 is 0. The van der Waals surface area contributed by atoms with Crippen molar-refractivity contribution in [2.45, 2.75) is 26.2 Å². The van der Waals surface area contributed by atoms with Gasteiger partial charge in [-0.15, -0.1) is 0 Å². The fraction of sp³-hybridized carbons (Fsp3) is 0.333. The van der Waals surface area contributed by atoms with E-state index in [0.717, 1.165) is 23.8 Å². The van der Waals surface area contributed by atoms with Crippen LogP contribution in [0.25, 0.3) is 0 Å². The fourth-order valence-electron chi connectivity index (χ4n) is 1.33. The van der Waals surface area contributed by atoms with E-state index in [1.54, 1.807) is 6.92 Å². The lowest BCUT2D eigenvalue weighted by atomic mass is 10.0. The zero-order valence-corrected chi connectivity index (χ0v) is 8.32. The van der Waals surface area contributed by atoms with Gasteiger partial charge in [-0.3, -0.25) is 0 Å². The number of aryl methyl sites for hydroxylation is 1. The molecule has 0 atom stereocenters. The molecule has 1 rings (SSSR count). The number of rotatable bonds is 5. The summed E-state index contributed by atoms with van der Waals surface area (Å²) in [4.78, 5) is 21.1. The van der Waals surface area contributed by atoms with Gasteiger partial charge in [-0.05, 0) is 24.5 Å². The van der Waals surface area contributed by atoms with Crippen molar-refractivity contribution in [1.29, 1.82) is 0 Å². The highest BCUT2D eigenvalue weighted by Crippen LogP contribution is 2.07. The van der Waals surface area contributed by atoms with Crippen LogP contribution >= 0.6 is 0 Å². The summed E-state index contributed by atoms with van der Waals surface area (Å²) in [5, 5.41) is 0. The summed E-state index contributed by atoms with van der Waals surface area (Å²) in [5.41, 5.74) is 2.14. The van der Waals surface area contributed by atoms with E-state index in [0.29, 0.717) is 12.8 Å². The van der Waals surface area contributed by atoms with Crippen LogP contribution in [0.5, 0.6) is 0 Å². The number of carbonyl (C=O) groups is 2. The van der Waals surface area contributed by atoms with Crippen molar-refractivity contribution in [1.82, 2.24) is 0 Å². The molecule has 0 fully saturated rings. The highest BCUT2D eigenvalue weighted by molar-refractivity contribution is 5.75. The topological polar surface area (TPSA) is 34.1 Å². The predicted octanol–water partition coefficient (Wildman–Crippen LogP) is 1.95. The Morgan fingerprint density at radius 1 is 1.36 bits per heavy atom. The molecule has 2 heteroatoms. The molecule has 14 heavy (non-hydrogen) atoms. The van der Waals surface area contributed by atoms with Crippen LogP contribution in [0.1, 0.15) is 24.5 Å². The van der Waals surface area contributed by atoms with E-state index in [1.807, 2.05) is 24.3 Å². The molecule has 0 spiro atoms. The molecule has 0 aliphatic carbocycles. The van der Waals surface area contributed by atoms with Crippen molar-refractivity contribution in [3.63, 3.8) is 0 Å². The first-order chi connectivity index (χ1) is 6.72. The lowest BCUT2D eigenvalue weighted by molar-refractivity contribution is -0.117. The van der Waals surface area contributed by atoms with Crippen molar-refractivity contribution in [3.8, 4) is 0 Å². The lowest BCUT2D eigenvalue weighted by Gasteiger charge is -2.01. The van der Waals surface area contributed by atoms with Crippen molar-refractivity contribution >= 4 is 12.1 Å². The molecule has 0 heterocycles. The highest BCUT2D eigenvalue weighted by Gasteiger charge is 1.98. The molecule has 0 bridgehead atoms. The Kier molecular flexibility index (Phi) is 4.05. The molecular weight excluding hydrogens is 176 g/mol. The number of aldehydes is 1. The first kappa shape index (κ1) is 10.6. The Morgan fingerprint density at radius 2 is 2.07 bits per heavy atom. The molecule has 2 nitrogen and oxygen atoms in total. The molecule has 1 aromatic rings.